The Morgan fingerprint density at radius 2 is 1.92 bits per heavy atom. The van der Waals surface area contributed by atoms with Crippen LogP contribution in [0.2, 0.25) is 0 Å². The zero-order valence-electron chi connectivity index (χ0n) is 13.1. The van der Waals surface area contributed by atoms with E-state index < -0.39 is 24.8 Å². The molecule has 0 saturated heterocycles. The van der Waals surface area contributed by atoms with Gasteiger partial charge in [0.15, 0.2) is 6.61 Å². The van der Waals surface area contributed by atoms with E-state index in [0.717, 1.165) is 18.5 Å². The molecule has 0 spiro atoms. The Bertz CT molecular complexity index is 807. The van der Waals surface area contributed by atoms with Crippen molar-refractivity contribution in [3.05, 3.63) is 35.5 Å². The Hall–Kier alpha value is -2.92. The second-order valence-electron chi connectivity index (χ2n) is 4.90. The largest absolute Gasteiger partial charge is 0.468 e. The molecule has 0 bridgehead atoms. The number of nitrogens with zero attached hydrogens (tertiary/aromatic N) is 5. The lowest BCUT2D eigenvalue weighted by Crippen LogP contribution is -2.19. The number of aryl methyl sites for hydroxylation is 1. The third kappa shape index (κ3) is 4.80. The van der Waals surface area contributed by atoms with E-state index in [9.17, 15) is 26.3 Å². The molecule has 0 amide bonds. The first kappa shape index (κ1) is 19.4. The van der Waals surface area contributed by atoms with Gasteiger partial charge >= 0.3 is 12.4 Å². The summed E-state index contributed by atoms with van der Waals surface area (Å²) in [5.74, 6) is -1.60. The third-order valence-electron chi connectivity index (χ3n) is 2.96. The van der Waals surface area contributed by atoms with Crippen molar-refractivity contribution in [3.63, 3.8) is 0 Å². The van der Waals surface area contributed by atoms with Gasteiger partial charge in [0, 0.05) is 24.0 Å². The Morgan fingerprint density at radius 1 is 1.23 bits per heavy atom. The summed E-state index contributed by atoms with van der Waals surface area (Å²) < 4.78 is 80.2. The Kier molecular flexibility index (Phi) is 5.33. The zero-order valence-corrected chi connectivity index (χ0v) is 13.1. The van der Waals surface area contributed by atoms with E-state index in [2.05, 4.69) is 31.6 Å². The summed E-state index contributed by atoms with van der Waals surface area (Å²) in [5.41, 5.74) is 0.189. The van der Waals surface area contributed by atoms with E-state index in [-0.39, 0.29) is 23.0 Å². The molecule has 2 aromatic rings. The van der Waals surface area contributed by atoms with E-state index in [0.29, 0.717) is 4.57 Å². The van der Waals surface area contributed by atoms with Gasteiger partial charge in [-0.1, -0.05) is 0 Å². The zero-order chi connectivity index (χ0) is 19.5. The molecule has 0 fully saturated rings. The van der Waals surface area contributed by atoms with Gasteiger partial charge in [-0.2, -0.15) is 26.3 Å². The van der Waals surface area contributed by atoms with Crippen molar-refractivity contribution in [3.8, 4) is 5.88 Å². The number of hydrogen-bond acceptors (Lipinski definition) is 5. The van der Waals surface area contributed by atoms with Gasteiger partial charge in [-0.15, -0.1) is 10.2 Å². The summed E-state index contributed by atoms with van der Waals surface area (Å²) in [5, 5.41) is 6.44. The van der Waals surface area contributed by atoms with Crippen LogP contribution in [-0.4, -0.2) is 39.2 Å². The minimum absolute atomic E-state index is 0.0201. The molecule has 0 aliphatic rings. The number of alkyl halides is 6. The molecule has 0 atom stereocenters. The second-order valence-corrected chi connectivity index (χ2v) is 4.90. The third-order valence-corrected chi connectivity index (χ3v) is 2.96. The molecule has 6 nitrogen and oxygen atoms in total. The molecule has 2 heterocycles. The summed E-state index contributed by atoms with van der Waals surface area (Å²) >= 11 is 0. The number of aromatic nitrogens is 4. The number of rotatable bonds is 5. The molecule has 0 saturated carbocycles. The molecular weight excluding hydrogens is 368 g/mol. The SMILES string of the molecule is C=N/C(=C\n1c(C)nnc1C(F)(F)F)c1ccc(OCC(F)(F)F)nc1. The van der Waals surface area contributed by atoms with Gasteiger partial charge in [-0.25, -0.2) is 4.98 Å². The summed E-state index contributed by atoms with van der Waals surface area (Å²) in [6, 6.07) is 2.41. The lowest BCUT2D eigenvalue weighted by Gasteiger charge is -2.10. The van der Waals surface area contributed by atoms with Crippen LogP contribution < -0.4 is 4.74 Å². The van der Waals surface area contributed by atoms with Gasteiger partial charge in [-0.3, -0.25) is 9.56 Å². The van der Waals surface area contributed by atoms with Crippen molar-refractivity contribution < 1.29 is 31.1 Å². The van der Waals surface area contributed by atoms with Crippen molar-refractivity contribution >= 4 is 18.6 Å². The number of pyridine rings is 1. The van der Waals surface area contributed by atoms with E-state index in [1.807, 2.05) is 0 Å². The maximum absolute atomic E-state index is 12.9. The predicted molar refractivity (Wildman–Crippen MR) is 79.3 cm³/mol. The smallest absolute Gasteiger partial charge is 0.452 e. The van der Waals surface area contributed by atoms with Crippen LogP contribution in [0.5, 0.6) is 5.88 Å². The normalized spacial score (nSPS) is 13.0. The predicted octanol–water partition coefficient (Wildman–Crippen LogP) is 3.60. The average Bonchev–Trinajstić information content (AvgIpc) is 2.91. The van der Waals surface area contributed by atoms with E-state index in [1.165, 1.54) is 13.0 Å². The fraction of sp³-hybridized carbons (Fsp3) is 0.286. The van der Waals surface area contributed by atoms with Crippen molar-refractivity contribution in [2.45, 2.75) is 19.3 Å². The van der Waals surface area contributed by atoms with Crippen molar-refractivity contribution in [2.24, 2.45) is 4.99 Å². The highest BCUT2D eigenvalue weighted by molar-refractivity contribution is 5.76. The monoisotopic (exact) mass is 379 g/mol. The molecule has 0 N–H and O–H groups in total. The van der Waals surface area contributed by atoms with Crippen LogP contribution in [0.1, 0.15) is 17.2 Å². The maximum atomic E-state index is 12.9. The molecule has 0 aliphatic heterocycles. The Balaban J connectivity index is 2.31. The summed E-state index contributed by atoms with van der Waals surface area (Å²) in [4.78, 5) is 7.28. The highest BCUT2D eigenvalue weighted by Gasteiger charge is 2.37. The second kappa shape index (κ2) is 7.14. The first-order chi connectivity index (χ1) is 12.0. The van der Waals surface area contributed by atoms with Crippen molar-refractivity contribution in [1.29, 1.82) is 0 Å². The molecule has 140 valence electrons. The molecule has 26 heavy (non-hydrogen) atoms. The quantitative estimate of drug-likeness (QED) is 0.588. The van der Waals surface area contributed by atoms with Crippen molar-refractivity contribution in [1.82, 2.24) is 19.7 Å². The fourth-order valence-electron chi connectivity index (χ4n) is 1.82. The first-order valence-electron chi connectivity index (χ1n) is 6.84. The highest BCUT2D eigenvalue weighted by atomic mass is 19.4. The van der Waals surface area contributed by atoms with Gasteiger partial charge in [-0.05, 0) is 19.7 Å². The molecule has 0 unspecified atom stereocenters. The number of aliphatic imine (C=N–C) groups is 1. The minimum atomic E-state index is -4.74. The van der Waals surface area contributed by atoms with E-state index in [1.54, 1.807) is 0 Å². The van der Waals surface area contributed by atoms with Crippen molar-refractivity contribution in [2.75, 3.05) is 6.61 Å². The van der Waals surface area contributed by atoms with Crippen LogP contribution in [0, 0.1) is 6.92 Å². The van der Waals surface area contributed by atoms with E-state index in [4.69, 9.17) is 0 Å². The van der Waals surface area contributed by atoms with E-state index >= 15 is 0 Å². The van der Waals surface area contributed by atoms with Gasteiger partial charge in [0.1, 0.15) is 5.82 Å². The summed E-state index contributed by atoms with van der Waals surface area (Å²) in [6.07, 6.45) is -7.16. The highest BCUT2D eigenvalue weighted by Crippen LogP contribution is 2.29. The summed E-state index contributed by atoms with van der Waals surface area (Å²) in [7, 11) is 0. The lowest BCUT2D eigenvalue weighted by atomic mass is 10.2. The van der Waals surface area contributed by atoms with Gasteiger partial charge < -0.3 is 4.74 Å². The number of hydrogen-bond donors (Lipinski definition) is 0. The fourth-order valence-corrected chi connectivity index (χ4v) is 1.82. The Labute approximate surface area is 142 Å². The average molecular weight is 379 g/mol. The minimum Gasteiger partial charge on any atom is -0.468 e. The molecule has 12 heteroatoms. The van der Waals surface area contributed by atoms with Gasteiger partial charge in [0.2, 0.25) is 11.7 Å². The molecule has 0 radical (unpaired) electrons. The Morgan fingerprint density at radius 3 is 2.42 bits per heavy atom. The van der Waals surface area contributed by atoms with Crippen LogP contribution in [0.15, 0.2) is 23.3 Å². The molecule has 0 aromatic carbocycles. The van der Waals surface area contributed by atoms with Crippen LogP contribution in [0.4, 0.5) is 26.3 Å². The maximum Gasteiger partial charge on any atom is 0.452 e. The van der Waals surface area contributed by atoms with Gasteiger partial charge in [0.05, 0.1) is 5.70 Å². The lowest BCUT2D eigenvalue weighted by molar-refractivity contribution is -0.154. The molecule has 0 aliphatic carbocycles. The van der Waals surface area contributed by atoms with Crippen LogP contribution in [0.25, 0.3) is 11.9 Å². The topological polar surface area (TPSA) is 65.2 Å². The van der Waals surface area contributed by atoms with Crippen LogP contribution in [0.3, 0.4) is 0 Å². The number of halogens is 6. The summed E-state index contributed by atoms with van der Waals surface area (Å²) in [6.45, 7) is 3.06. The standard InChI is InChI=1S/C14H11F6N5O/c1-8-23-24-12(14(18,19)20)25(8)6-10(21-2)9-3-4-11(22-5-9)26-7-13(15,16)17/h3-6H,2,7H2,1H3/b10-6-. The molecule has 2 rings (SSSR count). The first-order valence-corrected chi connectivity index (χ1v) is 6.84. The van der Waals surface area contributed by atoms with Gasteiger partial charge in [0.25, 0.3) is 0 Å². The molecular formula is C14H11F6N5O. The number of ether oxygens (including phenoxy) is 1. The molecule has 2 aromatic heterocycles. The van der Waals surface area contributed by atoms with Crippen LogP contribution in [-0.2, 0) is 6.18 Å². The van der Waals surface area contributed by atoms with Crippen LogP contribution >= 0.6 is 0 Å².